The SMILES string of the molecule is Cc1ccc(NC(=O)c2nc(NCc3ccncc3)ncc2Cl)cc1. The Morgan fingerprint density at radius 3 is 2.56 bits per heavy atom. The Hall–Kier alpha value is -2.99. The number of hydrogen-bond acceptors (Lipinski definition) is 5. The van der Waals surface area contributed by atoms with E-state index in [1.165, 1.54) is 6.20 Å². The third kappa shape index (κ3) is 4.51. The van der Waals surface area contributed by atoms with Gasteiger partial charge in [-0.1, -0.05) is 29.3 Å². The summed E-state index contributed by atoms with van der Waals surface area (Å²) in [4.78, 5) is 24.7. The van der Waals surface area contributed by atoms with Crippen LogP contribution in [0.15, 0.2) is 55.0 Å². The van der Waals surface area contributed by atoms with E-state index in [0.29, 0.717) is 18.2 Å². The minimum atomic E-state index is -0.386. The molecule has 0 radical (unpaired) electrons. The van der Waals surface area contributed by atoms with Gasteiger partial charge < -0.3 is 10.6 Å². The van der Waals surface area contributed by atoms with Crippen LogP contribution in [0.1, 0.15) is 21.6 Å². The van der Waals surface area contributed by atoms with Crippen LogP contribution in [0.25, 0.3) is 0 Å². The van der Waals surface area contributed by atoms with Gasteiger partial charge in [0.1, 0.15) is 0 Å². The van der Waals surface area contributed by atoms with E-state index < -0.39 is 0 Å². The van der Waals surface area contributed by atoms with Gasteiger partial charge >= 0.3 is 0 Å². The van der Waals surface area contributed by atoms with Crippen molar-refractivity contribution in [3.8, 4) is 0 Å². The molecule has 0 unspecified atom stereocenters. The van der Waals surface area contributed by atoms with Crippen molar-refractivity contribution in [1.29, 1.82) is 0 Å². The molecule has 0 saturated carbocycles. The molecular weight excluding hydrogens is 338 g/mol. The number of halogens is 1. The third-order valence-corrected chi connectivity index (χ3v) is 3.75. The molecule has 1 aromatic carbocycles. The molecule has 3 aromatic rings. The maximum absolute atomic E-state index is 12.4. The largest absolute Gasteiger partial charge is 0.350 e. The summed E-state index contributed by atoms with van der Waals surface area (Å²) in [5.41, 5.74) is 2.94. The number of carbonyl (C=O) groups excluding carboxylic acids is 1. The van der Waals surface area contributed by atoms with Crippen molar-refractivity contribution >= 4 is 29.1 Å². The molecule has 0 bridgehead atoms. The number of rotatable bonds is 5. The van der Waals surface area contributed by atoms with E-state index in [1.807, 2.05) is 43.3 Å². The molecule has 3 rings (SSSR count). The lowest BCUT2D eigenvalue weighted by molar-refractivity contribution is 0.102. The van der Waals surface area contributed by atoms with Crippen molar-refractivity contribution in [3.05, 3.63) is 76.8 Å². The first kappa shape index (κ1) is 16.9. The minimum Gasteiger partial charge on any atom is -0.350 e. The highest BCUT2D eigenvalue weighted by atomic mass is 35.5. The molecular formula is C18H16ClN5O. The Labute approximate surface area is 150 Å². The number of nitrogens with zero attached hydrogens (tertiary/aromatic N) is 3. The van der Waals surface area contributed by atoms with Crippen LogP contribution in [0.3, 0.4) is 0 Å². The highest BCUT2D eigenvalue weighted by Gasteiger charge is 2.14. The fourth-order valence-corrected chi connectivity index (χ4v) is 2.30. The monoisotopic (exact) mass is 353 g/mol. The summed E-state index contributed by atoms with van der Waals surface area (Å²) in [6.45, 7) is 2.50. The van der Waals surface area contributed by atoms with E-state index in [9.17, 15) is 4.79 Å². The molecule has 0 spiro atoms. The number of nitrogens with one attached hydrogen (secondary N) is 2. The molecule has 1 amide bonds. The lowest BCUT2D eigenvalue weighted by Crippen LogP contribution is -2.16. The van der Waals surface area contributed by atoms with Crippen LogP contribution >= 0.6 is 11.6 Å². The summed E-state index contributed by atoms with van der Waals surface area (Å²) in [6, 6.07) is 11.2. The van der Waals surface area contributed by atoms with Gasteiger partial charge in [-0.05, 0) is 36.8 Å². The summed E-state index contributed by atoms with van der Waals surface area (Å²) in [6.07, 6.45) is 4.83. The lowest BCUT2D eigenvalue weighted by atomic mass is 10.2. The number of anilines is 2. The third-order valence-electron chi connectivity index (χ3n) is 3.47. The topological polar surface area (TPSA) is 79.8 Å². The molecule has 0 atom stereocenters. The van der Waals surface area contributed by atoms with E-state index in [4.69, 9.17) is 11.6 Å². The van der Waals surface area contributed by atoms with Crippen molar-refractivity contribution in [2.75, 3.05) is 10.6 Å². The van der Waals surface area contributed by atoms with Crippen LogP contribution in [0.2, 0.25) is 5.02 Å². The molecule has 7 heteroatoms. The highest BCUT2D eigenvalue weighted by Crippen LogP contribution is 2.17. The van der Waals surface area contributed by atoms with Gasteiger partial charge in [-0.25, -0.2) is 9.97 Å². The fraction of sp³-hybridized carbons (Fsp3) is 0.111. The molecule has 0 aliphatic rings. The van der Waals surface area contributed by atoms with Gasteiger partial charge in [0.05, 0.1) is 11.2 Å². The van der Waals surface area contributed by atoms with Gasteiger partial charge in [0.15, 0.2) is 5.69 Å². The zero-order chi connectivity index (χ0) is 17.6. The molecule has 0 aliphatic heterocycles. The fourth-order valence-electron chi connectivity index (χ4n) is 2.12. The molecule has 0 fully saturated rings. The molecule has 25 heavy (non-hydrogen) atoms. The van der Waals surface area contributed by atoms with Crippen LogP contribution in [0.4, 0.5) is 11.6 Å². The zero-order valence-electron chi connectivity index (χ0n) is 13.5. The van der Waals surface area contributed by atoms with Crippen LogP contribution in [0, 0.1) is 6.92 Å². The van der Waals surface area contributed by atoms with Crippen molar-refractivity contribution in [2.24, 2.45) is 0 Å². The predicted octanol–water partition coefficient (Wildman–Crippen LogP) is 3.70. The first-order chi connectivity index (χ1) is 12.1. The highest BCUT2D eigenvalue weighted by molar-refractivity contribution is 6.34. The van der Waals surface area contributed by atoms with Crippen molar-refractivity contribution in [1.82, 2.24) is 15.0 Å². The number of carbonyl (C=O) groups is 1. The summed E-state index contributed by atoms with van der Waals surface area (Å²) >= 11 is 6.08. The van der Waals surface area contributed by atoms with Gasteiger partial charge in [-0.15, -0.1) is 0 Å². The summed E-state index contributed by atoms with van der Waals surface area (Å²) < 4.78 is 0. The van der Waals surface area contributed by atoms with Gasteiger partial charge in [0.25, 0.3) is 5.91 Å². The van der Waals surface area contributed by atoms with E-state index in [0.717, 1.165) is 11.1 Å². The Morgan fingerprint density at radius 1 is 1.12 bits per heavy atom. The molecule has 2 N–H and O–H groups in total. The minimum absolute atomic E-state index is 0.120. The number of benzene rings is 1. The van der Waals surface area contributed by atoms with Crippen LogP contribution < -0.4 is 10.6 Å². The Morgan fingerprint density at radius 2 is 1.84 bits per heavy atom. The first-order valence-corrected chi connectivity index (χ1v) is 8.03. The second kappa shape index (κ2) is 7.72. The van der Waals surface area contributed by atoms with E-state index in [2.05, 4.69) is 25.6 Å². The van der Waals surface area contributed by atoms with Gasteiger partial charge in [0.2, 0.25) is 5.95 Å². The second-order valence-electron chi connectivity index (χ2n) is 5.42. The number of aryl methyl sites for hydroxylation is 1. The van der Waals surface area contributed by atoms with Crippen LogP contribution in [-0.4, -0.2) is 20.9 Å². The molecule has 6 nitrogen and oxygen atoms in total. The van der Waals surface area contributed by atoms with Crippen molar-refractivity contribution in [3.63, 3.8) is 0 Å². The number of amides is 1. The molecule has 2 aromatic heterocycles. The standard InChI is InChI=1S/C18H16ClN5O/c1-12-2-4-14(5-3-12)23-17(25)16-15(19)11-22-18(24-16)21-10-13-6-8-20-9-7-13/h2-9,11H,10H2,1H3,(H,23,25)(H,21,22,24). The van der Waals surface area contributed by atoms with Crippen molar-refractivity contribution < 1.29 is 4.79 Å². The summed E-state index contributed by atoms with van der Waals surface area (Å²) in [7, 11) is 0. The molecule has 126 valence electrons. The normalized spacial score (nSPS) is 10.3. The smallest absolute Gasteiger partial charge is 0.276 e. The molecule has 0 saturated heterocycles. The zero-order valence-corrected chi connectivity index (χ0v) is 14.3. The number of hydrogen-bond donors (Lipinski definition) is 2. The maximum atomic E-state index is 12.4. The summed E-state index contributed by atoms with van der Waals surface area (Å²) in [5.74, 6) is -0.0570. The van der Waals surface area contributed by atoms with E-state index in [1.54, 1.807) is 12.4 Å². The Bertz CT molecular complexity index is 868. The Balaban J connectivity index is 1.72. The number of pyridine rings is 1. The first-order valence-electron chi connectivity index (χ1n) is 7.65. The van der Waals surface area contributed by atoms with Crippen LogP contribution in [0.5, 0.6) is 0 Å². The second-order valence-corrected chi connectivity index (χ2v) is 5.83. The van der Waals surface area contributed by atoms with E-state index in [-0.39, 0.29) is 16.6 Å². The molecule has 2 heterocycles. The lowest BCUT2D eigenvalue weighted by Gasteiger charge is -2.09. The van der Waals surface area contributed by atoms with Gasteiger partial charge in [-0.3, -0.25) is 9.78 Å². The van der Waals surface area contributed by atoms with Crippen molar-refractivity contribution in [2.45, 2.75) is 13.5 Å². The average molecular weight is 354 g/mol. The van der Waals surface area contributed by atoms with Crippen LogP contribution in [-0.2, 0) is 6.54 Å². The summed E-state index contributed by atoms with van der Waals surface area (Å²) in [5, 5.41) is 6.04. The quantitative estimate of drug-likeness (QED) is 0.731. The number of aromatic nitrogens is 3. The van der Waals surface area contributed by atoms with Gasteiger partial charge in [-0.2, -0.15) is 0 Å². The molecule has 0 aliphatic carbocycles. The van der Waals surface area contributed by atoms with E-state index >= 15 is 0 Å². The maximum Gasteiger partial charge on any atom is 0.276 e. The predicted molar refractivity (Wildman–Crippen MR) is 97.7 cm³/mol. The average Bonchev–Trinajstić information content (AvgIpc) is 2.64. The van der Waals surface area contributed by atoms with Gasteiger partial charge in [0, 0.05) is 24.6 Å². The Kier molecular flexibility index (Phi) is 5.20.